The predicted molar refractivity (Wildman–Crippen MR) is 38.4 cm³/mol. The second kappa shape index (κ2) is 5.10. The van der Waals surface area contributed by atoms with Gasteiger partial charge in [0.05, 0.1) is 6.10 Å². The summed E-state index contributed by atoms with van der Waals surface area (Å²) in [7, 11) is 0. The van der Waals surface area contributed by atoms with Gasteiger partial charge in [0.15, 0.2) is 6.10 Å². The molecule has 4 atom stereocenters. The maximum absolute atomic E-state index is 10.4. The van der Waals surface area contributed by atoms with Crippen LogP contribution in [0.1, 0.15) is 6.92 Å². The summed E-state index contributed by atoms with van der Waals surface area (Å²) in [6.07, 6.45) is -7.04. The molecule has 0 rings (SSSR count). The molecular weight excluding hydrogens is 184 g/mol. The van der Waals surface area contributed by atoms with Crippen molar-refractivity contribution in [1.82, 2.24) is 0 Å². The molecule has 78 valence electrons. The van der Waals surface area contributed by atoms with Crippen LogP contribution in [0.15, 0.2) is 0 Å². The summed E-state index contributed by atoms with van der Waals surface area (Å²) in [6, 6.07) is 0. The summed E-state index contributed by atoms with van der Waals surface area (Å²) in [5, 5.41) is 43.4. The van der Waals surface area contributed by atoms with Crippen LogP contribution in [0.4, 0.5) is 0 Å². The number of aliphatic hydroxyl groups is 4. The lowest BCUT2D eigenvalue weighted by atomic mass is 10.0. The highest BCUT2D eigenvalue weighted by atomic mass is 17.1. The Balaban J connectivity index is 4.24. The lowest BCUT2D eigenvalue weighted by Gasteiger charge is -2.22. The molecule has 0 amide bonds. The second-order valence-corrected chi connectivity index (χ2v) is 2.58. The van der Waals surface area contributed by atoms with E-state index in [9.17, 15) is 4.79 Å². The topological polar surface area (TPSA) is 127 Å². The van der Waals surface area contributed by atoms with Crippen LogP contribution in [0.5, 0.6) is 0 Å². The van der Waals surface area contributed by atoms with Gasteiger partial charge in [0, 0.05) is 0 Å². The van der Waals surface area contributed by atoms with Gasteiger partial charge in [-0.15, -0.1) is 0 Å². The molecule has 0 saturated heterocycles. The fourth-order valence-electron chi connectivity index (χ4n) is 0.666. The SMILES string of the molecule is CC(O)C(O)C(O)C(O)C(=O)OO. The Labute approximate surface area is 73.7 Å². The van der Waals surface area contributed by atoms with Gasteiger partial charge in [0.1, 0.15) is 12.2 Å². The zero-order chi connectivity index (χ0) is 10.6. The van der Waals surface area contributed by atoms with Crippen LogP contribution in [0.2, 0.25) is 0 Å². The van der Waals surface area contributed by atoms with Crippen molar-refractivity contribution in [3.63, 3.8) is 0 Å². The van der Waals surface area contributed by atoms with Crippen molar-refractivity contribution in [3.8, 4) is 0 Å². The smallest absolute Gasteiger partial charge is 0.373 e. The standard InChI is InChI=1S/C6H12O7/c1-2(7)3(8)4(9)5(10)6(11)13-12/h2-5,7-10,12H,1H3. The fraction of sp³-hybridized carbons (Fsp3) is 0.833. The van der Waals surface area contributed by atoms with Gasteiger partial charge in [-0.05, 0) is 6.92 Å². The van der Waals surface area contributed by atoms with E-state index in [1.165, 1.54) is 0 Å². The van der Waals surface area contributed by atoms with Gasteiger partial charge in [0.25, 0.3) is 0 Å². The molecule has 0 aliphatic rings. The number of hydrogen-bond acceptors (Lipinski definition) is 7. The Hall–Kier alpha value is -0.730. The van der Waals surface area contributed by atoms with Crippen LogP contribution < -0.4 is 0 Å². The molecule has 13 heavy (non-hydrogen) atoms. The molecule has 0 aliphatic carbocycles. The molecule has 0 bridgehead atoms. The molecule has 4 unspecified atom stereocenters. The minimum atomic E-state index is -2.10. The van der Waals surface area contributed by atoms with Crippen LogP contribution in [-0.2, 0) is 9.68 Å². The third-order valence-corrected chi connectivity index (χ3v) is 1.50. The highest BCUT2D eigenvalue weighted by molar-refractivity contribution is 5.74. The van der Waals surface area contributed by atoms with Gasteiger partial charge >= 0.3 is 5.97 Å². The summed E-state index contributed by atoms with van der Waals surface area (Å²) in [6.45, 7) is 1.16. The molecule has 0 heterocycles. The van der Waals surface area contributed by atoms with Crippen LogP contribution in [0.25, 0.3) is 0 Å². The highest BCUT2D eigenvalue weighted by Crippen LogP contribution is 2.05. The Morgan fingerprint density at radius 3 is 1.92 bits per heavy atom. The van der Waals surface area contributed by atoms with Crippen molar-refractivity contribution in [2.75, 3.05) is 0 Å². The maximum Gasteiger partial charge on any atom is 0.373 e. The van der Waals surface area contributed by atoms with Crippen LogP contribution in [0, 0.1) is 0 Å². The molecule has 0 fully saturated rings. The first-order valence-corrected chi connectivity index (χ1v) is 3.49. The zero-order valence-corrected chi connectivity index (χ0v) is 6.86. The number of carbonyl (C=O) groups excluding carboxylic acids is 1. The summed E-state index contributed by atoms with van der Waals surface area (Å²) >= 11 is 0. The summed E-state index contributed by atoms with van der Waals surface area (Å²) < 4.78 is 0. The summed E-state index contributed by atoms with van der Waals surface area (Å²) in [5.74, 6) is -1.51. The number of aliphatic hydroxyl groups excluding tert-OH is 4. The lowest BCUT2D eigenvalue weighted by molar-refractivity contribution is -0.249. The van der Waals surface area contributed by atoms with Crippen molar-refractivity contribution in [1.29, 1.82) is 0 Å². The van der Waals surface area contributed by atoms with Gasteiger partial charge in [-0.2, -0.15) is 5.26 Å². The van der Waals surface area contributed by atoms with E-state index >= 15 is 0 Å². The Morgan fingerprint density at radius 2 is 1.62 bits per heavy atom. The molecule has 0 spiro atoms. The predicted octanol–water partition coefficient (Wildman–Crippen LogP) is -2.53. The largest absolute Gasteiger partial charge is 0.391 e. The summed E-state index contributed by atoms with van der Waals surface area (Å²) in [5.41, 5.74) is 0. The molecule has 0 aliphatic heterocycles. The molecular formula is C6H12O7. The van der Waals surface area contributed by atoms with Gasteiger partial charge in [0.2, 0.25) is 0 Å². The number of carbonyl (C=O) groups is 1. The van der Waals surface area contributed by atoms with E-state index in [0.29, 0.717) is 0 Å². The average molecular weight is 196 g/mol. The third kappa shape index (κ3) is 3.25. The Kier molecular flexibility index (Phi) is 4.81. The quantitative estimate of drug-likeness (QED) is 0.247. The Bertz CT molecular complexity index is 168. The van der Waals surface area contributed by atoms with E-state index < -0.39 is 30.4 Å². The highest BCUT2D eigenvalue weighted by Gasteiger charge is 2.34. The number of rotatable bonds is 4. The Morgan fingerprint density at radius 1 is 1.15 bits per heavy atom. The fourth-order valence-corrected chi connectivity index (χ4v) is 0.666. The van der Waals surface area contributed by atoms with Crippen molar-refractivity contribution in [3.05, 3.63) is 0 Å². The van der Waals surface area contributed by atoms with Gasteiger partial charge in [-0.1, -0.05) is 0 Å². The van der Waals surface area contributed by atoms with Gasteiger partial charge < -0.3 is 20.4 Å². The first-order chi connectivity index (χ1) is 5.91. The molecule has 0 aromatic heterocycles. The molecule has 7 nitrogen and oxygen atoms in total. The molecule has 5 N–H and O–H groups in total. The van der Waals surface area contributed by atoms with Crippen molar-refractivity contribution >= 4 is 5.97 Å². The van der Waals surface area contributed by atoms with Crippen molar-refractivity contribution in [2.24, 2.45) is 0 Å². The van der Waals surface area contributed by atoms with E-state index in [4.69, 9.17) is 25.7 Å². The van der Waals surface area contributed by atoms with Gasteiger partial charge in [-0.3, -0.25) is 4.89 Å². The monoisotopic (exact) mass is 196 g/mol. The lowest BCUT2D eigenvalue weighted by Crippen LogP contribution is -2.47. The minimum Gasteiger partial charge on any atom is -0.391 e. The van der Waals surface area contributed by atoms with E-state index in [-0.39, 0.29) is 0 Å². The van der Waals surface area contributed by atoms with Crippen molar-refractivity contribution in [2.45, 2.75) is 31.3 Å². The first kappa shape index (κ1) is 12.3. The maximum atomic E-state index is 10.4. The van der Waals surface area contributed by atoms with Crippen LogP contribution in [0.3, 0.4) is 0 Å². The van der Waals surface area contributed by atoms with E-state index in [1.807, 2.05) is 0 Å². The molecule has 0 aromatic carbocycles. The normalized spacial score (nSPS) is 20.2. The molecule has 0 aromatic rings. The number of hydrogen-bond donors (Lipinski definition) is 5. The van der Waals surface area contributed by atoms with Crippen LogP contribution >= 0.6 is 0 Å². The minimum absolute atomic E-state index is 1.16. The summed E-state index contributed by atoms with van der Waals surface area (Å²) in [4.78, 5) is 13.5. The van der Waals surface area contributed by atoms with Crippen molar-refractivity contribution < 1.29 is 35.4 Å². The third-order valence-electron chi connectivity index (χ3n) is 1.50. The molecule has 0 saturated carbocycles. The molecule has 0 radical (unpaired) electrons. The van der Waals surface area contributed by atoms with E-state index in [1.54, 1.807) is 0 Å². The zero-order valence-electron chi connectivity index (χ0n) is 6.86. The average Bonchev–Trinajstić information content (AvgIpc) is 2.12. The van der Waals surface area contributed by atoms with E-state index in [2.05, 4.69) is 4.89 Å². The van der Waals surface area contributed by atoms with Crippen LogP contribution in [-0.4, -0.2) is 56.1 Å². The van der Waals surface area contributed by atoms with Gasteiger partial charge in [-0.25, -0.2) is 4.79 Å². The van der Waals surface area contributed by atoms with E-state index in [0.717, 1.165) is 6.92 Å². The first-order valence-electron chi connectivity index (χ1n) is 3.49. The molecule has 7 heteroatoms. The second-order valence-electron chi connectivity index (χ2n) is 2.58.